The first-order valence-electron chi connectivity index (χ1n) is 1.93. The van der Waals surface area contributed by atoms with Gasteiger partial charge in [0.25, 0.3) is 0 Å². The van der Waals surface area contributed by atoms with Gasteiger partial charge in [0.15, 0.2) is 0 Å². The van der Waals surface area contributed by atoms with Crippen LogP contribution in [0.15, 0.2) is 0 Å². The molecule has 1 nitrogen and oxygen atoms in total. The van der Waals surface area contributed by atoms with Crippen LogP contribution in [0.1, 0.15) is 13.8 Å². The van der Waals surface area contributed by atoms with E-state index < -0.39 is 0 Å². The summed E-state index contributed by atoms with van der Waals surface area (Å²) in [4.78, 5) is 0. The topological polar surface area (TPSA) is 26.0 Å². The molecule has 0 heterocycles. The summed E-state index contributed by atoms with van der Waals surface area (Å²) in [5.41, 5.74) is 5.49. The Morgan fingerprint density at radius 1 is 1.67 bits per heavy atom. The Balaban J connectivity index is 3.17. The Morgan fingerprint density at radius 2 is 1.83 bits per heavy atom. The fourth-order valence-electron chi connectivity index (χ4n) is 0. The molecule has 0 amide bonds. The molecule has 0 saturated heterocycles. The van der Waals surface area contributed by atoms with Crippen LogP contribution in [0.2, 0.25) is 5.32 Å². The maximum atomic E-state index is 5.50. The van der Waals surface area contributed by atoms with Crippen molar-refractivity contribution in [3.05, 3.63) is 0 Å². The average Bonchev–Trinajstić information content (AvgIpc) is 1.35. The van der Waals surface area contributed by atoms with Crippen LogP contribution >= 0.6 is 0 Å². The molecule has 0 saturated carbocycles. The first kappa shape index (κ1) is 6.48. The molecule has 0 aromatic carbocycles. The molecule has 0 aliphatic carbocycles. The van der Waals surface area contributed by atoms with Crippen molar-refractivity contribution in [1.29, 1.82) is 0 Å². The van der Waals surface area contributed by atoms with Gasteiger partial charge in [-0.05, 0) is 0 Å². The molecule has 0 atom stereocenters. The van der Waals surface area contributed by atoms with Crippen molar-refractivity contribution in [3.8, 4) is 0 Å². The van der Waals surface area contributed by atoms with Gasteiger partial charge in [0.05, 0.1) is 0 Å². The molecule has 0 fully saturated rings. The first-order chi connectivity index (χ1) is 2.56. The molecule has 0 rings (SSSR count). The van der Waals surface area contributed by atoms with Crippen LogP contribution in [0.4, 0.5) is 0 Å². The monoisotopic (exact) mass is 152 g/mol. The van der Waals surface area contributed by atoms with E-state index in [2.05, 4.69) is 16.0 Å². The van der Waals surface area contributed by atoms with Gasteiger partial charge in [0.2, 0.25) is 0 Å². The van der Waals surface area contributed by atoms with Crippen molar-refractivity contribution >= 4 is 16.0 Å². The summed E-state index contributed by atoms with van der Waals surface area (Å²) in [6, 6.07) is 0. The molecule has 37 valence electrons. The van der Waals surface area contributed by atoms with Crippen molar-refractivity contribution in [2.75, 3.05) is 0 Å². The predicted octanol–water partition coefficient (Wildman–Crippen LogP) is 0.310. The molecule has 0 bridgehead atoms. The van der Waals surface area contributed by atoms with E-state index in [0.29, 0.717) is 0 Å². The average molecular weight is 151 g/mol. The SMILES string of the molecule is CC(C)(N)C[Se]. The Morgan fingerprint density at radius 3 is 1.83 bits per heavy atom. The van der Waals surface area contributed by atoms with Crippen molar-refractivity contribution in [2.24, 2.45) is 5.73 Å². The quantitative estimate of drug-likeness (QED) is 0.536. The van der Waals surface area contributed by atoms with Crippen molar-refractivity contribution in [1.82, 2.24) is 0 Å². The number of nitrogens with two attached hydrogens (primary N) is 1. The molecule has 0 aromatic heterocycles. The molecule has 0 spiro atoms. The Hall–Kier alpha value is 0.479. The van der Waals surface area contributed by atoms with Gasteiger partial charge < -0.3 is 0 Å². The second-order valence-corrected chi connectivity index (χ2v) is 2.74. The second-order valence-electron chi connectivity index (χ2n) is 2.13. The zero-order chi connectivity index (χ0) is 5.21. The van der Waals surface area contributed by atoms with Crippen LogP contribution in [0.3, 0.4) is 0 Å². The van der Waals surface area contributed by atoms with Crippen LogP contribution in [0.25, 0.3) is 0 Å². The summed E-state index contributed by atoms with van der Waals surface area (Å²) in [5.74, 6) is 0. The fraction of sp³-hybridized carbons (Fsp3) is 1.00. The molecular weight excluding hydrogens is 141 g/mol. The van der Waals surface area contributed by atoms with Crippen LogP contribution in [0.5, 0.6) is 0 Å². The molecule has 2 heteroatoms. The number of hydrogen-bond acceptors (Lipinski definition) is 1. The Labute approximate surface area is 47.1 Å². The minimum atomic E-state index is -0.0139. The summed E-state index contributed by atoms with van der Waals surface area (Å²) >= 11 is 2.86. The maximum absolute atomic E-state index is 5.50. The van der Waals surface area contributed by atoms with E-state index >= 15 is 0 Å². The van der Waals surface area contributed by atoms with Crippen LogP contribution in [-0.4, -0.2) is 21.6 Å². The van der Waals surface area contributed by atoms with Gasteiger partial charge in [-0.15, -0.1) is 0 Å². The van der Waals surface area contributed by atoms with Crippen molar-refractivity contribution < 1.29 is 0 Å². The van der Waals surface area contributed by atoms with E-state index in [0.717, 1.165) is 5.32 Å². The van der Waals surface area contributed by atoms with E-state index in [1.807, 2.05) is 13.8 Å². The van der Waals surface area contributed by atoms with Crippen LogP contribution in [0, 0.1) is 0 Å². The van der Waals surface area contributed by atoms with Gasteiger partial charge in [-0.2, -0.15) is 0 Å². The fourth-order valence-corrected chi connectivity index (χ4v) is 0. The molecule has 1 radical (unpaired) electrons. The van der Waals surface area contributed by atoms with E-state index in [9.17, 15) is 0 Å². The molecule has 0 unspecified atom stereocenters. The zero-order valence-corrected chi connectivity index (χ0v) is 5.91. The molecule has 0 aliphatic heterocycles. The van der Waals surface area contributed by atoms with Gasteiger partial charge in [0.1, 0.15) is 0 Å². The molecule has 0 aliphatic rings. The van der Waals surface area contributed by atoms with E-state index in [4.69, 9.17) is 5.73 Å². The summed E-state index contributed by atoms with van der Waals surface area (Å²) in [6.07, 6.45) is 0. The number of rotatable bonds is 1. The van der Waals surface area contributed by atoms with Crippen molar-refractivity contribution in [2.45, 2.75) is 24.7 Å². The summed E-state index contributed by atoms with van der Waals surface area (Å²) in [5, 5.41) is 0.924. The molecular formula is C4H10NSe. The second kappa shape index (κ2) is 1.97. The third-order valence-electron chi connectivity index (χ3n) is 0.372. The van der Waals surface area contributed by atoms with Gasteiger partial charge >= 0.3 is 46.5 Å². The van der Waals surface area contributed by atoms with Crippen LogP contribution < -0.4 is 5.73 Å². The minimum absolute atomic E-state index is 0.0139. The molecule has 2 N–H and O–H groups in total. The van der Waals surface area contributed by atoms with Gasteiger partial charge in [-0.3, -0.25) is 0 Å². The summed E-state index contributed by atoms with van der Waals surface area (Å²) in [7, 11) is 0. The van der Waals surface area contributed by atoms with Gasteiger partial charge in [-0.1, -0.05) is 0 Å². The van der Waals surface area contributed by atoms with E-state index in [-0.39, 0.29) is 5.54 Å². The normalized spacial score (nSPS) is 12.0. The summed E-state index contributed by atoms with van der Waals surface area (Å²) in [6.45, 7) is 3.98. The zero-order valence-electron chi connectivity index (χ0n) is 4.19. The standard InChI is InChI=1S/C4H10NSe/c1-4(2,5)3-6/h3,5H2,1-2H3. The first-order valence-corrected chi connectivity index (χ1v) is 3.14. The third kappa shape index (κ3) is 4.48. The van der Waals surface area contributed by atoms with E-state index in [1.165, 1.54) is 0 Å². The van der Waals surface area contributed by atoms with Crippen LogP contribution in [-0.2, 0) is 0 Å². The number of hydrogen-bond donors (Lipinski definition) is 1. The predicted molar refractivity (Wildman–Crippen MR) is 28.8 cm³/mol. The molecule has 0 aromatic rings. The third-order valence-corrected chi connectivity index (χ3v) is 1.93. The Bertz CT molecular complexity index is 37.3. The van der Waals surface area contributed by atoms with Gasteiger partial charge in [0, 0.05) is 0 Å². The molecule has 6 heavy (non-hydrogen) atoms. The van der Waals surface area contributed by atoms with E-state index in [1.54, 1.807) is 0 Å². The Kier molecular flexibility index (Phi) is 2.12. The van der Waals surface area contributed by atoms with Gasteiger partial charge in [-0.25, -0.2) is 0 Å². The van der Waals surface area contributed by atoms with Crippen molar-refractivity contribution in [3.63, 3.8) is 0 Å². The summed E-state index contributed by atoms with van der Waals surface area (Å²) < 4.78 is 0.